The number of nitrogens with one attached hydrogen (secondary N) is 1. The molecular weight excluding hydrogens is 233 g/mol. The van der Waals surface area contributed by atoms with Gasteiger partial charge >= 0.3 is 0 Å². The van der Waals surface area contributed by atoms with Crippen LogP contribution in [0.4, 0.5) is 4.39 Å². The van der Waals surface area contributed by atoms with Crippen LogP contribution in [0.15, 0.2) is 18.2 Å². The third-order valence-corrected chi connectivity index (χ3v) is 3.49. The van der Waals surface area contributed by atoms with Gasteiger partial charge in [-0.2, -0.15) is 0 Å². The largest absolute Gasteiger partial charge is 0.508 e. The highest BCUT2D eigenvalue weighted by atomic mass is 19.1. The van der Waals surface area contributed by atoms with E-state index in [0.29, 0.717) is 5.56 Å². The predicted octanol–water partition coefficient (Wildman–Crippen LogP) is 2.75. The summed E-state index contributed by atoms with van der Waals surface area (Å²) in [5.41, 5.74) is 0.583. The molecule has 1 aliphatic heterocycles. The van der Waals surface area contributed by atoms with Crippen LogP contribution in [0.5, 0.6) is 5.75 Å². The van der Waals surface area contributed by atoms with Crippen molar-refractivity contribution in [1.29, 1.82) is 0 Å². The molecular formula is C14H20FNO2. The Morgan fingerprint density at radius 3 is 2.89 bits per heavy atom. The molecule has 0 saturated carbocycles. The summed E-state index contributed by atoms with van der Waals surface area (Å²) in [5, 5.41) is 13.1. The molecule has 3 unspecified atom stereocenters. The van der Waals surface area contributed by atoms with E-state index in [4.69, 9.17) is 4.74 Å². The lowest BCUT2D eigenvalue weighted by Gasteiger charge is -2.25. The van der Waals surface area contributed by atoms with E-state index in [1.807, 2.05) is 6.92 Å². The second kappa shape index (κ2) is 5.67. The van der Waals surface area contributed by atoms with Crippen molar-refractivity contribution in [2.45, 2.75) is 44.9 Å². The Morgan fingerprint density at radius 2 is 2.22 bits per heavy atom. The number of benzene rings is 1. The van der Waals surface area contributed by atoms with Crippen molar-refractivity contribution >= 4 is 0 Å². The fourth-order valence-electron chi connectivity index (χ4n) is 2.46. The molecule has 0 aliphatic carbocycles. The van der Waals surface area contributed by atoms with E-state index < -0.39 is 0 Å². The molecule has 0 spiro atoms. The monoisotopic (exact) mass is 253 g/mol. The summed E-state index contributed by atoms with van der Waals surface area (Å²) in [5.74, 6) is -0.211. The minimum Gasteiger partial charge on any atom is -0.508 e. The van der Waals surface area contributed by atoms with E-state index in [2.05, 4.69) is 12.2 Å². The number of rotatable bonds is 4. The number of halogens is 1. The number of ether oxygens (including phenoxy) is 1. The van der Waals surface area contributed by atoms with Crippen LogP contribution in [0.3, 0.4) is 0 Å². The maximum atomic E-state index is 13.2. The second-order valence-electron chi connectivity index (χ2n) is 4.93. The van der Waals surface area contributed by atoms with Crippen LogP contribution in [0.25, 0.3) is 0 Å². The summed E-state index contributed by atoms with van der Waals surface area (Å²) in [6.07, 6.45) is 2.36. The van der Waals surface area contributed by atoms with Gasteiger partial charge in [0.05, 0.1) is 6.10 Å². The molecule has 1 aromatic carbocycles. The van der Waals surface area contributed by atoms with E-state index in [0.717, 1.165) is 19.4 Å². The van der Waals surface area contributed by atoms with Crippen molar-refractivity contribution in [1.82, 2.24) is 5.32 Å². The molecule has 100 valence electrons. The SMILES string of the molecule is CC(NC(C)C1CCCO1)c1cc(F)ccc1O. The highest BCUT2D eigenvalue weighted by Crippen LogP contribution is 2.26. The van der Waals surface area contributed by atoms with Gasteiger partial charge in [-0.25, -0.2) is 4.39 Å². The van der Waals surface area contributed by atoms with Crippen molar-refractivity contribution in [3.05, 3.63) is 29.6 Å². The molecule has 1 saturated heterocycles. The first-order chi connectivity index (χ1) is 8.58. The van der Waals surface area contributed by atoms with Gasteiger partial charge in [-0.3, -0.25) is 0 Å². The lowest BCUT2D eigenvalue weighted by molar-refractivity contribution is 0.0803. The molecule has 2 rings (SSSR count). The lowest BCUT2D eigenvalue weighted by atomic mass is 10.0. The molecule has 3 nitrogen and oxygen atoms in total. The Hall–Kier alpha value is -1.13. The number of phenols is 1. The van der Waals surface area contributed by atoms with Crippen LogP contribution >= 0.6 is 0 Å². The van der Waals surface area contributed by atoms with Gasteiger partial charge in [-0.05, 0) is 44.9 Å². The van der Waals surface area contributed by atoms with Crippen molar-refractivity contribution < 1.29 is 14.2 Å². The number of hydrogen-bond donors (Lipinski definition) is 2. The van der Waals surface area contributed by atoms with Crippen molar-refractivity contribution in [3.8, 4) is 5.75 Å². The topological polar surface area (TPSA) is 41.5 Å². The Morgan fingerprint density at radius 1 is 1.44 bits per heavy atom. The van der Waals surface area contributed by atoms with Gasteiger partial charge in [0.15, 0.2) is 0 Å². The smallest absolute Gasteiger partial charge is 0.123 e. The van der Waals surface area contributed by atoms with E-state index >= 15 is 0 Å². The van der Waals surface area contributed by atoms with Gasteiger partial charge in [-0.1, -0.05) is 0 Å². The lowest BCUT2D eigenvalue weighted by Crippen LogP contribution is -2.38. The molecule has 1 aromatic rings. The minimum atomic E-state index is -0.332. The van der Waals surface area contributed by atoms with Gasteiger partial charge in [0.2, 0.25) is 0 Å². The first-order valence-electron chi connectivity index (χ1n) is 6.44. The highest BCUT2D eigenvalue weighted by molar-refractivity contribution is 5.34. The van der Waals surface area contributed by atoms with Gasteiger partial charge in [0.25, 0.3) is 0 Å². The zero-order chi connectivity index (χ0) is 13.1. The third kappa shape index (κ3) is 3.00. The molecule has 18 heavy (non-hydrogen) atoms. The summed E-state index contributed by atoms with van der Waals surface area (Å²) in [7, 11) is 0. The molecule has 3 atom stereocenters. The van der Waals surface area contributed by atoms with Crippen molar-refractivity contribution in [2.24, 2.45) is 0 Å². The average molecular weight is 253 g/mol. The average Bonchev–Trinajstić information content (AvgIpc) is 2.85. The van der Waals surface area contributed by atoms with Crippen LogP contribution < -0.4 is 5.32 Å². The zero-order valence-corrected chi connectivity index (χ0v) is 10.8. The third-order valence-electron chi connectivity index (χ3n) is 3.49. The molecule has 0 amide bonds. The summed E-state index contributed by atoms with van der Waals surface area (Å²) in [6.45, 7) is 4.79. The molecule has 2 N–H and O–H groups in total. The Bertz CT molecular complexity index is 405. The number of phenolic OH excluding ortho intramolecular Hbond substituents is 1. The van der Waals surface area contributed by atoms with E-state index in [1.54, 1.807) is 0 Å². The molecule has 4 heteroatoms. The van der Waals surface area contributed by atoms with Crippen molar-refractivity contribution in [3.63, 3.8) is 0 Å². The molecule has 1 fully saturated rings. The molecule has 0 bridgehead atoms. The second-order valence-corrected chi connectivity index (χ2v) is 4.93. The molecule has 1 aliphatic rings. The van der Waals surface area contributed by atoms with Crippen LogP contribution in [0, 0.1) is 5.82 Å². The van der Waals surface area contributed by atoms with E-state index in [9.17, 15) is 9.50 Å². The van der Waals surface area contributed by atoms with Crippen LogP contribution in [-0.4, -0.2) is 23.9 Å². The molecule has 0 radical (unpaired) electrons. The first kappa shape index (κ1) is 13.3. The van der Waals surface area contributed by atoms with E-state index in [-0.39, 0.29) is 29.8 Å². The quantitative estimate of drug-likeness (QED) is 0.867. The van der Waals surface area contributed by atoms with E-state index in [1.165, 1.54) is 18.2 Å². The predicted molar refractivity (Wildman–Crippen MR) is 68.1 cm³/mol. The van der Waals surface area contributed by atoms with Crippen LogP contribution in [0.2, 0.25) is 0 Å². The summed E-state index contributed by atoms with van der Waals surface area (Å²) in [4.78, 5) is 0. The normalized spacial score (nSPS) is 22.9. The number of aromatic hydroxyl groups is 1. The maximum absolute atomic E-state index is 13.2. The standard InChI is InChI=1S/C14H20FNO2/c1-9(12-8-11(15)5-6-13(12)17)16-10(2)14-4-3-7-18-14/h5-6,8-10,14,16-17H,3-4,7H2,1-2H3. The summed E-state index contributed by atoms with van der Waals surface area (Å²) in [6, 6.07) is 4.09. The van der Waals surface area contributed by atoms with Gasteiger partial charge in [0.1, 0.15) is 11.6 Å². The summed E-state index contributed by atoms with van der Waals surface area (Å²) >= 11 is 0. The summed E-state index contributed by atoms with van der Waals surface area (Å²) < 4.78 is 18.8. The zero-order valence-electron chi connectivity index (χ0n) is 10.8. The highest BCUT2D eigenvalue weighted by Gasteiger charge is 2.24. The Balaban J connectivity index is 2.02. The van der Waals surface area contributed by atoms with Gasteiger partial charge < -0.3 is 15.2 Å². The van der Waals surface area contributed by atoms with Gasteiger partial charge in [-0.15, -0.1) is 0 Å². The Labute approximate surface area is 107 Å². The van der Waals surface area contributed by atoms with Crippen molar-refractivity contribution in [2.75, 3.05) is 6.61 Å². The Kier molecular flexibility index (Phi) is 4.19. The van der Waals surface area contributed by atoms with Crippen LogP contribution in [-0.2, 0) is 4.74 Å². The molecule has 1 heterocycles. The fourth-order valence-corrected chi connectivity index (χ4v) is 2.46. The van der Waals surface area contributed by atoms with Crippen LogP contribution in [0.1, 0.15) is 38.3 Å². The minimum absolute atomic E-state index is 0.111. The first-order valence-corrected chi connectivity index (χ1v) is 6.44. The van der Waals surface area contributed by atoms with Gasteiger partial charge in [0, 0.05) is 24.3 Å². The fraction of sp³-hybridized carbons (Fsp3) is 0.571. The maximum Gasteiger partial charge on any atom is 0.123 e. The molecule has 0 aromatic heterocycles. The number of hydrogen-bond acceptors (Lipinski definition) is 3.